The second kappa shape index (κ2) is 6.91. The fourth-order valence-electron chi connectivity index (χ4n) is 4.23. The predicted octanol–water partition coefficient (Wildman–Crippen LogP) is 3.89. The topological polar surface area (TPSA) is 21.3 Å². The molecule has 2 aliphatic rings. The molecule has 2 saturated carbocycles. The average Bonchev–Trinajstić information content (AvgIpc) is 3.02. The predicted molar refractivity (Wildman–Crippen MR) is 76.9 cm³/mol. The van der Waals surface area contributed by atoms with Crippen LogP contribution >= 0.6 is 0 Å². The number of hydrogen-bond donors (Lipinski definition) is 1. The molecule has 0 aromatic carbocycles. The van der Waals surface area contributed by atoms with Crippen molar-refractivity contribution in [1.82, 2.24) is 5.32 Å². The van der Waals surface area contributed by atoms with Crippen LogP contribution in [0.3, 0.4) is 0 Å². The zero-order valence-electron chi connectivity index (χ0n) is 12.3. The third kappa shape index (κ3) is 3.27. The van der Waals surface area contributed by atoms with Crippen LogP contribution in [-0.4, -0.2) is 25.3 Å². The first kappa shape index (κ1) is 14.3. The molecular weight excluding hydrogens is 222 g/mol. The van der Waals surface area contributed by atoms with Crippen LogP contribution in [0.15, 0.2) is 0 Å². The molecule has 1 N–H and O–H groups in total. The van der Waals surface area contributed by atoms with Crippen molar-refractivity contribution in [3.63, 3.8) is 0 Å². The van der Waals surface area contributed by atoms with Gasteiger partial charge >= 0.3 is 0 Å². The normalized spacial score (nSPS) is 25.7. The Balaban J connectivity index is 1.88. The van der Waals surface area contributed by atoms with Crippen LogP contribution in [0.2, 0.25) is 0 Å². The maximum atomic E-state index is 6.20. The third-order valence-electron chi connectivity index (χ3n) is 5.20. The molecule has 2 fully saturated rings. The minimum Gasteiger partial charge on any atom is -0.374 e. The van der Waals surface area contributed by atoms with Gasteiger partial charge in [0.25, 0.3) is 0 Å². The van der Waals surface area contributed by atoms with E-state index in [1.165, 1.54) is 64.2 Å². The molecule has 0 aliphatic heterocycles. The van der Waals surface area contributed by atoms with Crippen LogP contribution in [0.1, 0.15) is 71.1 Å². The van der Waals surface area contributed by atoms with E-state index in [1.807, 2.05) is 0 Å². The van der Waals surface area contributed by atoms with Crippen molar-refractivity contribution in [1.29, 1.82) is 0 Å². The van der Waals surface area contributed by atoms with Crippen LogP contribution < -0.4 is 5.32 Å². The van der Waals surface area contributed by atoms with Crippen molar-refractivity contribution in [3.05, 3.63) is 0 Å². The zero-order chi connectivity index (χ0) is 12.8. The average molecular weight is 253 g/mol. The van der Waals surface area contributed by atoms with E-state index < -0.39 is 0 Å². The van der Waals surface area contributed by atoms with Gasteiger partial charge in [0.2, 0.25) is 0 Å². The highest BCUT2D eigenvalue weighted by molar-refractivity contribution is 4.96. The first-order chi connectivity index (χ1) is 8.80. The molecule has 0 aromatic heterocycles. The van der Waals surface area contributed by atoms with E-state index in [9.17, 15) is 0 Å². The summed E-state index contributed by atoms with van der Waals surface area (Å²) in [6.07, 6.45) is 13.8. The number of hydrogen-bond acceptors (Lipinski definition) is 2. The summed E-state index contributed by atoms with van der Waals surface area (Å²) in [4.78, 5) is 0. The lowest BCUT2D eigenvalue weighted by molar-refractivity contribution is -0.0626. The van der Waals surface area contributed by atoms with Crippen molar-refractivity contribution in [2.75, 3.05) is 13.7 Å². The molecule has 0 amide bonds. The molecule has 0 saturated heterocycles. The van der Waals surface area contributed by atoms with Gasteiger partial charge in [-0.25, -0.2) is 0 Å². The lowest BCUT2D eigenvalue weighted by Gasteiger charge is -2.38. The molecular formula is C16H31NO. The number of nitrogens with one attached hydrogen (secondary N) is 1. The van der Waals surface area contributed by atoms with Crippen LogP contribution in [0.4, 0.5) is 0 Å². The van der Waals surface area contributed by atoms with E-state index in [-0.39, 0.29) is 5.60 Å². The maximum absolute atomic E-state index is 6.20. The fraction of sp³-hybridized carbons (Fsp3) is 1.00. The Morgan fingerprint density at radius 1 is 1.17 bits per heavy atom. The summed E-state index contributed by atoms with van der Waals surface area (Å²) in [5.74, 6) is 1.00. The second-order valence-corrected chi connectivity index (χ2v) is 6.27. The van der Waals surface area contributed by atoms with Crippen molar-refractivity contribution < 1.29 is 4.74 Å². The largest absolute Gasteiger partial charge is 0.374 e. The van der Waals surface area contributed by atoms with Gasteiger partial charge in [0.05, 0.1) is 5.60 Å². The molecule has 2 nitrogen and oxygen atoms in total. The molecule has 2 aliphatic carbocycles. The van der Waals surface area contributed by atoms with Crippen molar-refractivity contribution in [2.45, 2.75) is 82.8 Å². The van der Waals surface area contributed by atoms with Gasteiger partial charge < -0.3 is 10.1 Å². The van der Waals surface area contributed by atoms with E-state index in [1.54, 1.807) is 0 Å². The molecule has 0 radical (unpaired) electrons. The van der Waals surface area contributed by atoms with E-state index in [2.05, 4.69) is 19.3 Å². The van der Waals surface area contributed by atoms with Crippen LogP contribution in [0.5, 0.6) is 0 Å². The Bertz CT molecular complexity index is 229. The summed E-state index contributed by atoms with van der Waals surface area (Å²) in [7, 11) is 2.12. The highest BCUT2D eigenvalue weighted by atomic mass is 16.5. The summed E-state index contributed by atoms with van der Waals surface area (Å²) in [6, 6.07) is 0.570. The molecule has 0 heterocycles. The van der Waals surface area contributed by atoms with Crippen LogP contribution in [0.25, 0.3) is 0 Å². The number of rotatable bonds is 7. The molecule has 18 heavy (non-hydrogen) atoms. The van der Waals surface area contributed by atoms with Crippen molar-refractivity contribution in [3.8, 4) is 0 Å². The number of ether oxygens (including phenoxy) is 1. The van der Waals surface area contributed by atoms with E-state index in [0.29, 0.717) is 6.04 Å². The van der Waals surface area contributed by atoms with E-state index in [4.69, 9.17) is 4.74 Å². The first-order valence-electron chi connectivity index (χ1n) is 8.12. The minimum absolute atomic E-state index is 0.155. The molecule has 1 atom stereocenters. The smallest absolute Gasteiger partial charge is 0.0834 e. The number of likely N-dealkylation sites (N-methyl/N-ethyl adjacent to an activating group) is 1. The highest BCUT2D eigenvalue weighted by Gasteiger charge is 2.41. The summed E-state index contributed by atoms with van der Waals surface area (Å²) in [5, 5.41) is 3.57. The van der Waals surface area contributed by atoms with Crippen LogP contribution in [-0.2, 0) is 4.74 Å². The van der Waals surface area contributed by atoms with E-state index >= 15 is 0 Å². The standard InChI is InChI=1S/C16H31NO/c1-3-18-16(12-6-7-13-16)15(17-2)11-10-14-8-4-5-9-14/h14-15,17H,3-13H2,1-2H3. The Morgan fingerprint density at radius 3 is 2.39 bits per heavy atom. The van der Waals surface area contributed by atoms with E-state index in [0.717, 1.165) is 12.5 Å². The molecule has 0 bridgehead atoms. The molecule has 0 spiro atoms. The zero-order valence-corrected chi connectivity index (χ0v) is 12.3. The van der Waals surface area contributed by atoms with Crippen molar-refractivity contribution in [2.24, 2.45) is 5.92 Å². The summed E-state index contributed by atoms with van der Waals surface area (Å²) in [5.41, 5.74) is 0.155. The summed E-state index contributed by atoms with van der Waals surface area (Å²) < 4.78 is 6.20. The van der Waals surface area contributed by atoms with Gasteiger partial charge in [-0.05, 0) is 45.6 Å². The summed E-state index contributed by atoms with van der Waals surface area (Å²) in [6.45, 7) is 3.01. The Kier molecular flexibility index (Phi) is 5.50. The Hall–Kier alpha value is -0.0800. The molecule has 2 rings (SSSR count). The van der Waals surface area contributed by atoms with Crippen LogP contribution in [0, 0.1) is 5.92 Å². The highest BCUT2D eigenvalue weighted by Crippen LogP contribution is 2.39. The van der Waals surface area contributed by atoms with Gasteiger partial charge in [-0.1, -0.05) is 38.5 Å². The van der Waals surface area contributed by atoms with Gasteiger partial charge in [0.15, 0.2) is 0 Å². The minimum atomic E-state index is 0.155. The van der Waals surface area contributed by atoms with Gasteiger partial charge in [0.1, 0.15) is 0 Å². The Labute approximate surface area is 113 Å². The molecule has 106 valence electrons. The molecule has 0 aromatic rings. The summed E-state index contributed by atoms with van der Waals surface area (Å²) >= 11 is 0. The van der Waals surface area contributed by atoms with Gasteiger partial charge in [-0.15, -0.1) is 0 Å². The van der Waals surface area contributed by atoms with Crippen molar-refractivity contribution >= 4 is 0 Å². The van der Waals surface area contributed by atoms with Gasteiger partial charge in [0, 0.05) is 12.6 Å². The Morgan fingerprint density at radius 2 is 1.83 bits per heavy atom. The third-order valence-corrected chi connectivity index (χ3v) is 5.20. The van der Waals surface area contributed by atoms with Gasteiger partial charge in [-0.3, -0.25) is 0 Å². The van der Waals surface area contributed by atoms with Gasteiger partial charge in [-0.2, -0.15) is 0 Å². The maximum Gasteiger partial charge on any atom is 0.0834 e. The second-order valence-electron chi connectivity index (χ2n) is 6.27. The lowest BCUT2D eigenvalue weighted by atomic mass is 9.86. The first-order valence-corrected chi connectivity index (χ1v) is 8.12. The molecule has 2 heteroatoms. The monoisotopic (exact) mass is 253 g/mol. The molecule has 1 unspecified atom stereocenters. The lowest BCUT2D eigenvalue weighted by Crippen LogP contribution is -2.50. The fourth-order valence-corrected chi connectivity index (χ4v) is 4.23. The quantitative estimate of drug-likeness (QED) is 0.743. The SMILES string of the molecule is CCOC1(C(CCC2CCCC2)NC)CCCC1.